The van der Waals surface area contributed by atoms with Crippen molar-refractivity contribution in [3.8, 4) is 28.8 Å². The van der Waals surface area contributed by atoms with Gasteiger partial charge in [0.2, 0.25) is 17.7 Å². The molecule has 0 saturated carbocycles. The summed E-state index contributed by atoms with van der Waals surface area (Å²) in [6.45, 7) is 1.84. The van der Waals surface area contributed by atoms with Crippen molar-refractivity contribution in [2.75, 3.05) is 32.2 Å². The monoisotopic (exact) mass is 585 g/mol. The summed E-state index contributed by atoms with van der Waals surface area (Å²) in [6.07, 6.45) is 1.94. The van der Waals surface area contributed by atoms with Crippen molar-refractivity contribution in [3.63, 3.8) is 0 Å². The predicted octanol–water partition coefficient (Wildman–Crippen LogP) is 2.08. The number of para-hydroxylation sites is 1. The van der Waals surface area contributed by atoms with Crippen molar-refractivity contribution in [1.82, 2.24) is 24.7 Å². The number of sulfone groups is 1. The summed E-state index contributed by atoms with van der Waals surface area (Å²) < 4.78 is 59.8. The molecule has 2 atom stereocenters. The van der Waals surface area contributed by atoms with Crippen LogP contribution in [0, 0.1) is 18.7 Å². The summed E-state index contributed by atoms with van der Waals surface area (Å²) in [5.41, 5.74) is 5.98. The topological polar surface area (TPSA) is 169 Å². The number of aryl methyl sites for hydroxylation is 1. The maximum Gasteiger partial charge on any atom is 0.225 e. The number of aromatic nitrogens is 5. The van der Waals surface area contributed by atoms with Crippen LogP contribution in [0.25, 0.3) is 17.3 Å². The molecule has 4 heterocycles. The van der Waals surface area contributed by atoms with Crippen molar-refractivity contribution < 1.29 is 31.5 Å². The lowest BCUT2D eigenvalue weighted by atomic mass is 9.97. The van der Waals surface area contributed by atoms with Gasteiger partial charge in [0.05, 0.1) is 37.8 Å². The van der Waals surface area contributed by atoms with Gasteiger partial charge in [-0.25, -0.2) is 22.8 Å². The number of halogens is 1. The van der Waals surface area contributed by atoms with Crippen LogP contribution in [-0.4, -0.2) is 71.6 Å². The number of primary amides is 1. The van der Waals surface area contributed by atoms with Crippen LogP contribution in [0.3, 0.4) is 0 Å². The molecule has 0 radical (unpaired) electrons. The second-order valence-corrected chi connectivity index (χ2v) is 11.8. The highest BCUT2D eigenvalue weighted by Crippen LogP contribution is 2.37. The van der Waals surface area contributed by atoms with E-state index in [1.807, 2.05) is 0 Å². The molecule has 13 nitrogen and oxygen atoms in total. The number of benzene rings is 1. The number of furan rings is 1. The second kappa shape index (κ2) is 11.2. The molecule has 1 fully saturated rings. The standard InChI is InChI=1S/C26H28FN7O6S/c1-15-7-8-21(40-15)25-32-31-22(34(25)23-19(38-2)5-4-6-20(23)39-3)14-41(36,37)18-9-16(24(28)35)12-33(13-18)26-29-10-17(27)11-30-26/h4-8,10-11,16,18H,9,12-14H2,1-3H3,(H2,28,35)/t16-,18+/m1/s1. The first-order valence-corrected chi connectivity index (χ1v) is 14.3. The molecule has 0 unspecified atom stereocenters. The van der Waals surface area contributed by atoms with Crippen LogP contribution < -0.4 is 20.1 Å². The second-order valence-electron chi connectivity index (χ2n) is 9.57. The number of ether oxygens (including phenoxy) is 2. The molecule has 1 aromatic carbocycles. The van der Waals surface area contributed by atoms with E-state index in [2.05, 4.69) is 20.2 Å². The Morgan fingerprint density at radius 3 is 2.37 bits per heavy atom. The van der Waals surface area contributed by atoms with E-state index >= 15 is 0 Å². The van der Waals surface area contributed by atoms with E-state index in [9.17, 15) is 17.6 Å². The lowest BCUT2D eigenvalue weighted by Crippen LogP contribution is -2.50. The third-order valence-electron chi connectivity index (χ3n) is 6.86. The summed E-state index contributed by atoms with van der Waals surface area (Å²) in [4.78, 5) is 21.6. The number of methoxy groups -OCH3 is 2. The zero-order valence-corrected chi connectivity index (χ0v) is 23.3. The number of nitrogens with two attached hydrogens (primary N) is 1. The van der Waals surface area contributed by atoms with Crippen molar-refractivity contribution in [3.05, 3.63) is 60.1 Å². The molecule has 216 valence electrons. The number of carbonyl (C=O) groups is 1. The number of piperidine rings is 1. The molecule has 4 aromatic rings. The molecule has 3 aromatic heterocycles. The van der Waals surface area contributed by atoms with Gasteiger partial charge in [-0.05, 0) is 37.6 Å². The Balaban J connectivity index is 1.57. The highest BCUT2D eigenvalue weighted by molar-refractivity contribution is 7.91. The Kier molecular flexibility index (Phi) is 7.62. The Labute approximate surface area is 235 Å². The quantitative estimate of drug-likeness (QED) is 0.305. The maximum absolute atomic E-state index is 13.9. The molecule has 41 heavy (non-hydrogen) atoms. The number of carbonyl (C=O) groups excluding carboxylic acids is 1. The minimum Gasteiger partial charge on any atom is -0.494 e. The molecule has 0 spiro atoms. The normalized spacial score (nSPS) is 17.4. The summed E-state index contributed by atoms with van der Waals surface area (Å²) in [5.74, 6) is -0.484. The van der Waals surface area contributed by atoms with Crippen LogP contribution in [0.15, 0.2) is 47.1 Å². The molecule has 1 aliphatic rings. The van der Waals surface area contributed by atoms with Gasteiger partial charge in [0.15, 0.2) is 27.2 Å². The molecular weight excluding hydrogens is 557 g/mol. The summed E-state index contributed by atoms with van der Waals surface area (Å²) >= 11 is 0. The Hall–Kier alpha value is -4.53. The van der Waals surface area contributed by atoms with Gasteiger partial charge >= 0.3 is 0 Å². The predicted molar refractivity (Wildman–Crippen MR) is 145 cm³/mol. The Morgan fingerprint density at radius 1 is 1.10 bits per heavy atom. The maximum atomic E-state index is 13.9. The minimum absolute atomic E-state index is 0.00822. The third kappa shape index (κ3) is 5.57. The van der Waals surface area contributed by atoms with E-state index in [4.69, 9.17) is 19.6 Å². The first-order valence-electron chi connectivity index (χ1n) is 12.6. The fourth-order valence-corrected chi connectivity index (χ4v) is 6.58. The number of amides is 1. The van der Waals surface area contributed by atoms with Crippen molar-refractivity contribution in [2.45, 2.75) is 24.3 Å². The molecule has 15 heteroatoms. The highest BCUT2D eigenvalue weighted by Gasteiger charge is 2.40. The van der Waals surface area contributed by atoms with Crippen LogP contribution >= 0.6 is 0 Å². The van der Waals surface area contributed by atoms with E-state index in [-0.39, 0.29) is 37.1 Å². The molecular formula is C26H28FN7O6S. The zero-order chi connectivity index (χ0) is 29.3. The molecule has 0 aliphatic carbocycles. The minimum atomic E-state index is -4.00. The van der Waals surface area contributed by atoms with E-state index in [0.29, 0.717) is 28.7 Å². The molecule has 5 rings (SSSR count). The van der Waals surface area contributed by atoms with Gasteiger partial charge in [-0.3, -0.25) is 9.36 Å². The smallest absolute Gasteiger partial charge is 0.225 e. The number of anilines is 1. The molecule has 1 amide bonds. The Bertz CT molecular complexity index is 1650. The van der Waals surface area contributed by atoms with Crippen molar-refractivity contribution >= 4 is 21.7 Å². The van der Waals surface area contributed by atoms with Gasteiger partial charge < -0.3 is 24.5 Å². The zero-order valence-electron chi connectivity index (χ0n) is 22.5. The van der Waals surface area contributed by atoms with Crippen molar-refractivity contribution in [1.29, 1.82) is 0 Å². The number of hydrogen-bond acceptors (Lipinski definition) is 11. The molecule has 0 bridgehead atoms. The lowest BCUT2D eigenvalue weighted by molar-refractivity contribution is -0.121. The summed E-state index contributed by atoms with van der Waals surface area (Å²) in [5, 5.41) is 7.47. The first-order chi connectivity index (χ1) is 19.6. The fourth-order valence-electron chi connectivity index (χ4n) is 4.86. The van der Waals surface area contributed by atoms with E-state index in [1.165, 1.54) is 23.7 Å². The lowest BCUT2D eigenvalue weighted by Gasteiger charge is -2.36. The van der Waals surface area contributed by atoms with Gasteiger partial charge in [-0.2, -0.15) is 0 Å². The van der Waals surface area contributed by atoms with Gasteiger partial charge in [-0.1, -0.05) is 6.07 Å². The Morgan fingerprint density at radius 2 is 1.78 bits per heavy atom. The number of nitrogens with zero attached hydrogens (tertiary/aromatic N) is 6. The van der Waals surface area contributed by atoms with Crippen LogP contribution in [0.5, 0.6) is 11.5 Å². The average Bonchev–Trinajstić information content (AvgIpc) is 3.57. The van der Waals surface area contributed by atoms with Crippen molar-refractivity contribution in [2.24, 2.45) is 11.7 Å². The fraction of sp³-hybridized carbons (Fsp3) is 0.346. The highest BCUT2D eigenvalue weighted by atomic mass is 32.2. The van der Waals surface area contributed by atoms with Crippen LogP contribution in [0.1, 0.15) is 18.0 Å². The third-order valence-corrected chi connectivity index (χ3v) is 8.88. The van der Waals surface area contributed by atoms with E-state index in [0.717, 1.165) is 12.4 Å². The van der Waals surface area contributed by atoms with Crippen LogP contribution in [-0.2, 0) is 20.4 Å². The SMILES string of the molecule is COc1cccc(OC)c1-n1c(CS(=O)(=O)[C@H]2C[C@@H](C(N)=O)CN(c3ncc(F)cn3)C2)nnc1-c1ccc(C)o1. The van der Waals surface area contributed by atoms with E-state index < -0.39 is 38.5 Å². The van der Waals surface area contributed by atoms with Crippen LogP contribution in [0.2, 0.25) is 0 Å². The number of hydrogen-bond donors (Lipinski definition) is 1. The van der Waals surface area contributed by atoms with Gasteiger partial charge in [0.1, 0.15) is 28.7 Å². The first kappa shape index (κ1) is 28.0. The molecule has 1 saturated heterocycles. The summed E-state index contributed by atoms with van der Waals surface area (Å²) in [6, 6.07) is 8.59. The van der Waals surface area contributed by atoms with E-state index in [1.54, 1.807) is 37.3 Å². The van der Waals surface area contributed by atoms with Gasteiger partial charge in [0, 0.05) is 13.1 Å². The molecule has 2 N–H and O–H groups in total. The number of rotatable bonds is 9. The largest absolute Gasteiger partial charge is 0.494 e. The van der Waals surface area contributed by atoms with Crippen LogP contribution in [0.4, 0.5) is 10.3 Å². The molecule has 1 aliphatic heterocycles. The van der Waals surface area contributed by atoms with Gasteiger partial charge in [0.25, 0.3) is 0 Å². The summed E-state index contributed by atoms with van der Waals surface area (Å²) in [7, 11) is -1.04. The van der Waals surface area contributed by atoms with Gasteiger partial charge in [-0.15, -0.1) is 10.2 Å². The average molecular weight is 586 g/mol.